The summed E-state index contributed by atoms with van der Waals surface area (Å²) in [6.45, 7) is 2.10. The molecule has 1 N–H and O–H groups in total. The van der Waals surface area contributed by atoms with Gasteiger partial charge < -0.3 is 5.11 Å². The van der Waals surface area contributed by atoms with Gasteiger partial charge in [0.1, 0.15) is 0 Å². The largest absolute Gasteiger partial charge is 0.481 e. The number of carboxylic acids is 1. The van der Waals surface area contributed by atoms with E-state index in [0.29, 0.717) is 18.8 Å². The van der Waals surface area contributed by atoms with Crippen LogP contribution in [-0.4, -0.2) is 30.5 Å². The fraction of sp³-hybridized carbons (Fsp3) is 0.917. The van der Waals surface area contributed by atoms with Crippen molar-refractivity contribution in [1.29, 1.82) is 0 Å². The maximum absolute atomic E-state index is 12.0. The molecular weight excluding hydrogens is 240 g/mol. The van der Waals surface area contributed by atoms with Crippen LogP contribution in [0.4, 0.5) is 0 Å². The lowest BCUT2D eigenvalue weighted by Crippen LogP contribution is -2.29. The average Bonchev–Trinajstić information content (AvgIpc) is 2.24. The Labute approximate surface area is 103 Å². The second-order valence-electron chi connectivity index (χ2n) is 5.11. The number of aliphatic carboxylic acids is 1. The van der Waals surface area contributed by atoms with Crippen molar-refractivity contribution in [2.24, 2.45) is 5.92 Å². The second kappa shape index (κ2) is 6.38. The molecule has 5 heteroatoms. The molecule has 0 bridgehead atoms. The average molecular weight is 262 g/mol. The lowest BCUT2D eigenvalue weighted by atomic mass is 9.91. The highest BCUT2D eigenvalue weighted by atomic mass is 32.2. The summed E-state index contributed by atoms with van der Waals surface area (Å²) in [6, 6.07) is 0. The third-order valence-electron chi connectivity index (χ3n) is 3.47. The summed E-state index contributed by atoms with van der Waals surface area (Å²) in [5, 5.41) is 8.29. The van der Waals surface area contributed by atoms with Gasteiger partial charge >= 0.3 is 5.97 Å². The molecule has 0 radical (unpaired) electrons. The first-order chi connectivity index (χ1) is 7.92. The molecule has 2 unspecified atom stereocenters. The number of hydrogen-bond acceptors (Lipinski definition) is 3. The number of hydrogen-bond donors (Lipinski definition) is 1. The minimum absolute atomic E-state index is 0.0661. The number of rotatable bonds is 6. The molecule has 1 saturated carbocycles. The molecular formula is C12H22O4S. The van der Waals surface area contributed by atoms with E-state index in [0.717, 1.165) is 25.7 Å². The van der Waals surface area contributed by atoms with Crippen LogP contribution in [0.2, 0.25) is 0 Å². The van der Waals surface area contributed by atoms with Crippen LogP contribution >= 0.6 is 0 Å². The number of carbonyl (C=O) groups is 1. The maximum Gasteiger partial charge on any atom is 0.303 e. The predicted octanol–water partition coefficient (Wildman–Crippen LogP) is 2.23. The van der Waals surface area contributed by atoms with Gasteiger partial charge in [0.25, 0.3) is 0 Å². The smallest absolute Gasteiger partial charge is 0.303 e. The van der Waals surface area contributed by atoms with Crippen molar-refractivity contribution in [2.75, 3.05) is 5.75 Å². The molecule has 17 heavy (non-hydrogen) atoms. The molecule has 0 aromatic heterocycles. The van der Waals surface area contributed by atoms with E-state index in [1.54, 1.807) is 0 Å². The fourth-order valence-corrected chi connectivity index (χ4v) is 4.54. The summed E-state index contributed by atoms with van der Waals surface area (Å²) in [6.07, 6.45) is 4.69. The van der Waals surface area contributed by atoms with Gasteiger partial charge in [0.15, 0.2) is 9.84 Å². The Hall–Kier alpha value is -0.580. The molecule has 1 fully saturated rings. The van der Waals surface area contributed by atoms with Crippen LogP contribution in [0.15, 0.2) is 0 Å². The number of unbranched alkanes of at least 4 members (excludes halogenated alkanes) is 1. The molecule has 0 heterocycles. The molecule has 0 amide bonds. The highest BCUT2D eigenvalue weighted by Crippen LogP contribution is 2.29. The van der Waals surface area contributed by atoms with Crippen LogP contribution in [0.3, 0.4) is 0 Å². The molecule has 0 saturated heterocycles. The molecule has 0 aromatic carbocycles. The fourth-order valence-electron chi connectivity index (χ4n) is 2.45. The zero-order valence-electron chi connectivity index (χ0n) is 10.4. The number of sulfone groups is 1. The van der Waals surface area contributed by atoms with E-state index in [1.807, 2.05) is 0 Å². The van der Waals surface area contributed by atoms with Crippen LogP contribution in [0.5, 0.6) is 0 Å². The monoisotopic (exact) mass is 262 g/mol. The predicted molar refractivity (Wildman–Crippen MR) is 66.7 cm³/mol. The third-order valence-corrected chi connectivity index (χ3v) is 5.77. The van der Waals surface area contributed by atoms with Crippen molar-refractivity contribution in [3.05, 3.63) is 0 Å². The summed E-state index contributed by atoms with van der Waals surface area (Å²) < 4.78 is 24.1. The van der Waals surface area contributed by atoms with E-state index < -0.39 is 15.8 Å². The highest BCUT2D eigenvalue weighted by molar-refractivity contribution is 7.92. The van der Waals surface area contributed by atoms with E-state index in [4.69, 9.17) is 5.11 Å². The molecule has 0 spiro atoms. The molecule has 0 aromatic rings. The van der Waals surface area contributed by atoms with Gasteiger partial charge in [-0.3, -0.25) is 4.79 Å². The lowest BCUT2D eigenvalue weighted by molar-refractivity contribution is -0.137. The molecule has 2 atom stereocenters. The summed E-state index contributed by atoms with van der Waals surface area (Å²) in [7, 11) is -3.01. The first-order valence-electron chi connectivity index (χ1n) is 6.35. The van der Waals surface area contributed by atoms with E-state index in [2.05, 4.69) is 6.92 Å². The Morgan fingerprint density at radius 2 is 2.00 bits per heavy atom. The van der Waals surface area contributed by atoms with Crippen molar-refractivity contribution >= 4 is 15.8 Å². The molecule has 0 aliphatic heterocycles. The van der Waals surface area contributed by atoms with Gasteiger partial charge in [0.05, 0.1) is 11.0 Å². The summed E-state index contributed by atoms with van der Waals surface area (Å²) in [5.74, 6) is -0.200. The Balaban J connectivity index is 2.37. The van der Waals surface area contributed by atoms with Gasteiger partial charge in [0.2, 0.25) is 0 Å². The van der Waals surface area contributed by atoms with Crippen LogP contribution in [0.25, 0.3) is 0 Å². The Bertz CT molecular complexity index is 348. The Morgan fingerprint density at radius 3 is 2.59 bits per heavy atom. The summed E-state index contributed by atoms with van der Waals surface area (Å²) in [4.78, 5) is 10.3. The first-order valence-corrected chi connectivity index (χ1v) is 8.06. The maximum atomic E-state index is 12.0. The van der Waals surface area contributed by atoms with Crippen molar-refractivity contribution < 1.29 is 18.3 Å². The van der Waals surface area contributed by atoms with Crippen LogP contribution in [0, 0.1) is 5.92 Å². The first kappa shape index (κ1) is 14.5. The minimum atomic E-state index is -3.01. The van der Waals surface area contributed by atoms with Gasteiger partial charge in [-0.1, -0.05) is 19.8 Å². The standard InChI is InChI=1S/C12H22O4S/c1-10-5-4-6-11(9-10)17(15,16)8-3-2-7-12(13)14/h10-11H,2-9H2,1H3,(H,13,14). The zero-order valence-corrected chi connectivity index (χ0v) is 11.2. The quantitative estimate of drug-likeness (QED) is 0.745. The molecule has 1 rings (SSSR count). The van der Waals surface area contributed by atoms with Gasteiger partial charge in [-0.25, -0.2) is 8.42 Å². The van der Waals surface area contributed by atoms with Crippen molar-refractivity contribution in [3.63, 3.8) is 0 Å². The number of carboxylic acid groups (broad SMARTS) is 1. The Morgan fingerprint density at radius 1 is 1.29 bits per heavy atom. The van der Waals surface area contributed by atoms with E-state index in [-0.39, 0.29) is 17.4 Å². The van der Waals surface area contributed by atoms with Gasteiger partial charge in [-0.15, -0.1) is 0 Å². The van der Waals surface area contributed by atoms with Gasteiger partial charge in [0, 0.05) is 6.42 Å². The van der Waals surface area contributed by atoms with E-state index >= 15 is 0 Å². The minimum Gasteiger partial charge on any atom is -0.481 e. The van der Waals surface area contributed by atoms with Gasteiger partial charge in [-0.2, -0.15) is 0 Å². The molecule has 100 valence electrons. The van der Waals surface area contributed by atoms with E-state index in [1.165, 1.54) is 0 Å². The lowest BCUT2D eigenvalue weighted by Gasteiger charge is -2.26. The molecule has 1 aliphatic rings. The highest BCUT2D eigenvalue weighted by Gasteiger charge is 2.29. The molecule has 4 nitrogen and oxygen atoms in total. The normalized spacial score (nSPS) is 25.7. The zero-order chi connectivity index (χ0) is 12.9. The van der Waals surface area contributed by atoms with Crippen molar-refractivity contribution in [2.45, 2.75) is 57.1 Å². The topological polar surface area (TPSA) is 71.4 Å². The SMILES string of the molecule is CC1CCCC(S(=O)(=O)CCCCC(=O)O)C1. The second-order valence-corrected chi connectivity index (χ2v) is 7.51. The van der Waals surface area contributed by atoms with Gasteiger partial charge in [-0.05, 0) is 31.6 Å². The van der Waals surface area contributed by atoms with Crippen LogP contribution in [0.1, 0.15) is 51.9 Å². The third kappa shape index (κ3) is 5.06. The van der Waals surface area contributed by atoms with Crippen molar-refractivity contribution in [3.8, 4) is 0 Å². The Kier molecular flexibility index (Phi) is 5.43. The molecule has 1 aliphatic carbocycles. The van der Waals surface area contributed by atoms with Crippen molar-refractivity contribution in [1.82, 2.24) is 0 Å². The summed E-state index contributed by atoms with van der Waals surface area (Å²) in [5.41, 5.74) is 0. The van der Waals surface area contributed by atoms with E-state index in [9.17, 15) is 13.2 Å². The van der Waals surface area contributed by atoms with Crippen LogP contribution in [-0.2, 0) is 14.6 Å². The summed E-state index contributed by atoms with van der Waals surface area (Å²) >= 11 is 0. The van der Waals surface area contributed by atoms with Crippen LogP contribution < -0.4 is 0 Å².